The zero-order chi connectivity index (χ0) is 11.1. The fourth-order valence-corrected chi connectivity index (χ4v) is 2.48. The molecule has 1 aliphatic carbocycles. The Morgan fingerprint density at radius 1 is 1.27 bits per heavy atom. The summed E-state index contributed by atoms with van der Waals surface area (Å²) in [6.07, 6.45) is 8.51. The molecule has 1 rings (SSSR count). The minimum atomic E-state index is 0.266. The molecule has 0 saturated heterocycles. The van der Waals surface area contributed by atoms with Crippen molar-refractivity contribution in [1.29, 1.82) is 0 Å². The lowest BCUT2D eigenvalue weighted by Crippen LogP contribution is -2.30. The van der Waals surface area contributed by atoms with Crippen LogP contribution in [0.4, 0.5) is 0 Å². The predicted octanol–water partition coefficient (Wildman–Crippen LogP) is 3.04. The minimum Gasteiger partial charge on any atom is -0.345 e. The number of hydrogen-bond acceptors (Lipinski definition) is 1. The largest absolute Gasteiger partial charge is 0.345 e. The van der Waals surface area contributed by atoms with E-state index in [1.54, 1.807) is 4.90 Å². The molecule has 0 bridgehead atoms. The first-order valence-electron chi connectivity index (χ1n) is 6.04. The highest BCUT2D eigenvalue weighted by molar-refractivity contribution is 6.18. The number of halogens is 1. The Kier molecular flexibility index (Phi) is 6.07. The molecule has 1 fully saturated rings. The van der Waals surface area contributed by atoms with E-state index in [4.69, 9.17) is 11.6 Å². The molecule has 0 heterocycles. The molecule has 1 saturated carbocycles. The van der Waals surface area contributed by atoms with E-state index in [1.807, 2.05) is 7.05 Å². The van der Waals surface area contributed by atoms with Crippen molar-refractivity contribution in [3.63, 3.8) is 0 Å². The molecule has 1 aliphatic rings. The van der Waals surface area contributed by atoms with Gasteiger partial charge in [-0.3, -0.25) is 4.79 Å². The Labute approximate surface area is 98.0 Å². The highest BCUT2D eigenvalue weighted by Gasteiger charge is 2.17. The molecule has 0 N–H and O–H groups in total. The van der Waals surface area contributed by atoms with Gasteiger partial charge in [-0.25, -0.2) is 0 Å². The molecule has 2 nitrogen and oxygen atoms in total. The summed E-state index contributed by atoms with van der Waals surface area (Å²) in [6.45, 7) is 0.674. The Hall–Kier alpha value is -0.240. The molecule has 0 radical (unpaired) electrons. The topological polar surface area (TPSA) is 20.3 Å². The van der Waals surface area contributed by atoms with Crippen molar-refractivity contribution < 1.29 is 4.79 Å². The zero-order valence-electron chi connectivity index (χ0n) is 9.67. The van der Waals surface area contributed by atoms with Crippen LogP contribution in [-0.2, 0) is 4.79 Å². The molecule has 0 aromatic heterocycles. The Bertz CT molecular complexity index is 188. The quantitative estimate of drug-likeness (QED) is 0.538. The summed E-state index contributed by atoms with van der Waals surface area (Å²) >= 11 is 5.62. The first kappa shape index (κ1) is 12.8. The number of amides is 1. The van der Waals surface area contributed by atoms with Gasteiger partial charge in [-0.1, -0.05) is 25.7 Å². The third-order valence-corrected chi connectivity index (χ3v) is 3.45. The summed E-state index contributed by atoms with van der Waals surface area (Å²) in [7, 11) is 1.85. The maximum Gasteiger partial charge on any atom is 0.222 e. The third-order valence-electron chi connectivity index (χ3n) is 3.28. The Balaban J connectivity index is 2.28. The molecule has 15 heavy (non-hydrogen) atoms. The van der Waals surface area contributed by atoms with Gasteiger partial charge in [-0.15, -0.1) is 11.6 Å². The standard InChI is InChI=1S/C12H22ClNO/c1-14(9-8-13)12(15)10-11-6-4-2-3-5-7-11/h11H,2-10H2,1H3. The summed E-state index contributed by atoms with van der Waals surface area (Å²) in [5, 5.41) is 0. The second-order valence-electron chi connectivity index (χ2n) is 4.57. The van der Waals surface area contributed by atoms with Gasteiger partial charge in [0.1, 0.15) is 0 Å². The predicted molar refractivity (Wildman–Crippen MR) is 64.2 cm³/mol. The van der Waals surface area contributed by atoms with Gasteiger partial charge in [0.25, 0.3) is 0 Å². The van der Waals surface area contributed by atoms with E-state index in [0.29, 0.717) is 18.3 Å². The van der Waals surface area contributed by atoms with Crippen molar-refractivity contribution in [2.45, 2.75) is 44.9 Å². The number of carbonyl (C=O) groups excluding carboxylic acids is 1. The lowest BCUT2D eigenvalue weighted by atomic mass is 9.96. The van der Waals surface area contributed by atoms with Crippen LogP contribution in [0.3, 0.4) is 0 Å². The van der Waals surface area contributed by atoms with E-state index >= 15 is 0 Å². The molecule has 0 unspecified atom stereocenters. The molecular formula is C12H22ClNO. The molecule has 0 aromatic rings. The second kappa shape index (κ2) is 7.10. The van der Waals surface area contributed by atoms with Crippen LogP contribution < -0.4 is 0 Å². The van der Waals surface area contributed by atoms with Gasteiger partial charge < -0.3 is 4.90 Å². The smallest absolute Gasteiger partial charge is 0.222 e. The lowest BCUT2D eigenvalue weighted by Gasteiger charge is -2.19. The maximum absolute atomic E-state index is 11.8. The molecule has 0 atom stereocenters. The van der Waals surface area contributed by atoms with Gasteiger partial charge in [-0.05, 0) is 18.8 Å². The third kappa shape index (κ3) is 4.87. The molecule has 0 aliphatic heterocycles. The summed E-state index contributed by atoms with van der Waals surface area (Å²) in [5.74, 6) is 1.42. The summed E-state index contributed by atoms with van der Waals surface area (Å²) in [6, 6.07) is 0. The minimum absolute atomic E-state index is 0.266. The van der Waals surface area contributed by atoms with Crippen molar-refractivity contribution in [2.24, 2.45) is 5.92 Å². The van der Waals surface area contributed by atoms with Crippen molar-refractivity contribution in [3.8, 4) is 0 Å². The van der Waals surface area contributed by atoms with Crippen LogP contribution in [0.1, 0.15) is 44.9 Å². The molecule has 3 heteroatoms. The van der Waals surface area contributed by atoms with Crippen LogP contribution >= 0.6 is 11.6 Å². The zero-order valence-corrected chi connectivity index (χ0v) is 10.4. The van der Waals surface area contributed by atoms with Gasteiger partial charge in [-0.2, -0.15) is 0 Å². The number of carbonyl (C=O) groups is 1. The van der Waals surface area contributed by atoms with E-state index in [9.17, 15) is 4.79 Å². The van der Waals surface area contributed by atoms with E-state index in [0.717, 1.165) is 6.42 Å². The summed E-state index contributed by atoms with van der Waals surface area (Å²) in [5.41, 5.74) is 0. The summed E-state index contributed by atoms with van der Waals surface area (Å²) in [4.78, 5) is 13.5. The van der Waals surface area contributed by atoms with Crippen LogP contribution in [0.15, 0.2) is 0 Å². The average molecular weight is 232 g/mol. The molecule has 0 spiro atoms. The Morgan fingerprint density at radius 2 is 1.87 bits per heavy atom. The fourth-order valence-electron chi connectivity index (χ4n) is 2.22. The van der Waals surface area contributed by atoms with E-state index in [-0.39, 0.29) is 5.91 Å². The van der Waals surface area contributed by atoms with Gasteiger partial charge in [0, 0.05) is 25.9 Å². The van der Waals surface area contributed by atoms with Crippen LogP contribution in [0.5, 0.6) is 0 Å². The highest BCUT2D eigenvalue weighted by Crippen LogP contribution is 2.25. The molecule has 1 amide bonds. The molecule has 88 valence electrons. The normalized spacial score (nSPS) is 18.5. The van der Waals surface area contributed by atoms with Gasteiger partial charge in [0.2, 0.25) is 5.91 Å². The van der Waals surface area contributed by atoms with Gasteiger partial charge in [0.15, 0.2) is 0 Å². The summed E-state index contributed by atoms with van der Waals surface area (Å²) < 4.78 is 0. The molecular weight excluding hydrogens is 210 g/mol. The lowest BCUT2D eigenvalue weighted by molar-refractivity contribution is -0.130. The van der Waals surface area contributed by atoms with Crippen LogP contribution in [0.25, 0.3) is 0 Å². The van der Waals surface area contributed by atoms with Crippen molar-refractivity contribution in [3.05, 3.63) is 0 Å². The number of rotatable bonds is 4. The maximum atomic E-state index is 11.8. The van der Waals surface area contributed by atoms with Crippen LogP contribution in [0, 0.1) is 5.92 Å². The highest BCUT2D eigenvalue weighted by atomic mass is 35.5. The molecule has 0 aromatic carbocycles. The van der Waals surface area contributed by atoms with Gasteiger partial charge >= 0.3 is 0 Å². The first-order valence-corrected chi connectivity index (χ1v) is 6.57. The fraction of sp³-hybridized carbons (Fsp3) is 0.917. The van der Waals surface area contributed by atoms with E-state index in [1.165, 1.54) is 38.5 Å². The van der Waals surface area contributed by atoms with Crippen molar-refractivity contribution in [2.75, 3.05) is 19.5 Å². The first-order chi connectivity index (χ1) is 7.24. The van der Waals surface area contributed by atoms with Crippen LogP contribution in [0.2, 0.25) is 0 Å². The van der Waals surface area contributed by atoms with E-state index < -0.39 is 0 Å². The average Bonchev–Trinajstić information content (AvgIpc) is 2.46. The number of nitrogens with zero attached hydrogens (tertiary/aromatic N) is 1. The number of hydrogen-bond donors (Lipinski definition) is 0. The second-order valence-corrected chi connectivity index (χ2v) is 4.94. The van der Waals surface area contributed by atoms with Crippen molar-refractivity contribution >= 4 is 17.5 Å². The van der Waals surface area contributed by atoms with Crippen molar-refractivity contribution in [1.82, 2.24) is 4.90 Å². The monoisotopic (exact) mass is 231 g/mol. The Morgan fingerprint density at radius 3 is 2.40 bits per heavy atom. The van der Waals surface area contributed by atoms with Gasteiger partial charge in [0.05, 0.1) is 0 Å². The SMILES string of the molecule is CN(CCCl)C(=O)CC1CCCCCC1. The van der Waals surface area contributed by atoms with Crippen LogP contribution in [-0.4, -0.2) is 30.3 Å². The van der Waals surface area contributed by atoms with E-state index in [2.05, 4.69) is 0 Å². The number of alkyl halides is 1.